The van der Waals surface area contributed by atoms with Crippen LogP contribution in [0.15, 0.2) is 67.5 Å². The van der Waals surface area contributed by atoms with Crippen LogP contribution in [0.2, 0.25) is 0 Å². The van der Waals surface area contributed by atoms with Gasteiger partial charge in [0.2, 0.25) is 0 Å². The summed E-state index contributed by atoms with van der Waals surface area (Å²) in [5, 5.41) is 4.27. The lowest BCUT2D eigenvalue weighted by Crippen LogP contribution is -2.35. The Labute approximate surface area is 250 Å². The maximum absolute atomic E-state index is 16.2. The zero-order valence-corrected chi connectivity index (χ0v) is 25.1. The van der Waals surface area contributed by atoms with Gasteiger partial charge in [0.25, 0.3) is 0 Å². The van der Waals surface area contributed by atoms with E-state index in [1.54, 1.807) is 25.4 Å². The molecule has 1 aliphatic heterocycles. The average Bonchev–Trinajstić information content (AvgIpc) is 3.64. The molecule has 0 bridgehead atoms. The number of benzene rings is 3. The number of aromatic nitrogens is 3. The molecule has 1 atom stereocenters. The van der Waals surface area contributed by atoms with E-state index in [0.717, 1.165) is 28.8 Å². The van der Waals surface area contributed by atoms with Gasteiger partial charge >= 0.3 is 0 Å². The summed E-state index contributed by atoms with van der Waals surface area (Å²) in [6.07, 6.45) is 4.27. The topological polar surface area (TPSA) is 75.0 Å². The van der Waals surface area contributed by atoms with E-state index in [4.69, 9.17) is 9.47 Å². The third-order valence-electron chi connectivity index (χ3n) is 8.16. The lowest BCUT2D eigenvalue weighted by Gasteiger charge is -2.34. The van der Waals surface area contributed by atoms with Gasteiger partial charge in [0.05, 0.1) is 17.7 Å². The second kappa shape index (κ2) is 10.7. The van der Waals surface area contributed by atoms with Crippen molar-refractivity contribution in [2.24, 2.45) is 0 Å². The molecule has 0 aliphatic carbocycles. The van der Waals surface area contributed by atoms with Gasteiger partial charge in [-0.25, -0.2) is 13.8 Å². The number of imidazole rings is 1. The minimum atomic E-state index is -0.523. The molecule has 0 fully saturated rings. The third kappa shape index (κ3) is 5.20. The summed E-state index contributed by atoms with van der Waals surface area (Å²) in [5.74, 6) is 0.569. The Morgan fingerprint density at radius 1 is 1.16 bits per heavy atom. The molecular formula is C35H36F2N4O2. The Hall–Kier alpha value is -4.43. The van der Waals surface area contributed by atoms with Crippen molar-refractivity contribution < 1.29 is 18.3 Å². The largest absolute Gasteiger partial charge is 0.493 e. The lowest BCUT2D eigenvalue weighted by atomic mass is 9.75. The van der Waals surface area contributed by atoms with E-state index >= 15 is 8.78 Å². The van der Waals surface area contributed by atoms with Crippen LogP contribution in [-0.2, 0) is 12.0 Å². The summed E-state index contributed by atoms with van der Waals surface area (Å²) in [4.78, 5) is 11.1. The standard InChI is InChI=1S/C35H36F2N4O2/c1-20(2)29-30(37)32(24(18-40-34(3,4)5)22-13-15-38-31(22)29)43-21-11-12-26(36)23(17-21)33-39-19-28(41-33)35(6)14-16-42-27-10-8-7-9-25(27)35/h7-13,15,17,19,38,40H,1,14,16,18H2,2-6H3,(H,39,41)/t35-/m0/s1. The molecule has 2 aromatic heterocycles. The van der Waals surface area contributed by atoms with Crippen molar-refractivity contribution in [1.29, 1.82) is 0 Å². The van der Waals surface area contributed by atoms with Gasteiger partial charge < -0.3 is 24.8 Å². The highest BCUT2D eigenvalue weighted by Gasteiger charge is 2.36. The molecule has 5 aromatic rings. The minimum Gasteiger partial charge on any atom is -0.493 e. The predicted molar refractivity (Wildman–Crippen MR) is 167 cm³/mol. The fourth-order valence-electron chi connectivity index (χ4n) is 5.78. The van der Waals surface area contributed by atoms with Gasteiger partial charge in [-0.2, -0.15) is 0 Å². The zero-order valence-electron chi connectivity index (χ0n) is 25.1. The number of hydrogen-bond donors (Lipinski definition) is 3. The fraction of sp³-hybridized carbons (Fsp3) is 0.286. The van der Waals surface area contributed by atoms with Crippen molar-refractivity contribution in [3.8, 4) is 28.6 Å². The van der Waals surface area contributed by atoms with Gasteiger partial charge in [0.1, 0.15) is 23.1 Å². The number of H-pyrrole nitrogens is 2. The first-order valence-electron chi connectivity index (χ1n) is 14.4. The first-order chi connectivity index (χ1) is 20.5. The summed E-state index contributed by atoms with van der Waals surface area (Å²) in [6.45, 7) is 15.0. The van der Waals surface area contributed by atoms with Gasteiger partial charge in [-0.15, -0.1) is 0 Å². The Kier molecular flexibility index (Phi) is 7.13. The molecule has 3 heterocycles. The molecule has 3 aromatic carbocycles. The molecule has 0 unspecified atom stereocenters. The van der Waals surface area contributed by atoms with E-state index in [1.807, 2.05) is 51.1 Å². The highest BCUT2D eigenvalue weighted by Crippen LogP contribution is 2.44. The molecule has 0 radical (unpaired) electrons. The Morgan fingerprint density at radius 3 is 2.72 bits per heavy atom. The molecule has 1 aliphatic rings. The molecule has 0 saturated heterocycles. The molecule has 0 amide bonds. The second-order valence-corrected chi connectivity index (χ2v) is 12.5. The van der Waals surface area contributed by atoms with Crippen LogP contribution >= 0.6 is 0 Å². The number of aromatic amines is 2. The normalized spacial score (nSPS) is 16.6. The number of rotatable bonds is 7. The van der Waals surface area contributed by atoms with Crippen LogP contribution in [-0.4, -0.2) is 27.1 Å². The van der Waals surface area contributed by atoms with E-state index in [2.05, 4.69) is 33.8 Å². The molecule has 3 N–H and O–H groups in total. The minimum absolute atomic E-state index is 0.0749. The maximum Gasteiger partial charge on any atom is 0.175 e. The maximum atomic E-state index is 16.2. The summed E-state index contributed by atoms with van der Waals surface area (Å²) in [6, 6.07) is 14.2. The van der Waals surface area contributed by atoms with E-state index in [0.29, 0.717) is 41.2 Å². The number of fused-ring (bicyclic) bond motifs is 2. The number of nitrogens with one attached hydrogen (secondary N) is 3. The van der Waals surface area contributed by atoms with Crippen molar-refractivity contribution in [2.75, 3.05) is 6.61 Å². The number of ether oxygens (including phenoxy) is 2. The van der Waals surface area contributed by atoms with E-state index in [-0.39, 0.29) is 28.0 Å². The highest BCUT2D eigenvalue weighted by molar-refractivity contribution is 5.95. The quantitative estimate of drug-likeness (QED) is 0.180. The molecule has 8 heteroatoms. The van der Waals surface area contributed by atoms with Gasteiger partial charge in [0.15, 0.2) is 11.6 Å². The summed E-state index contributed by atoms with van der Waals surface area (Å²) in [7, 11) is 0. The summed E-state index contributed by atoms with van der Waals surface area (Å²) >= 11 is 0. The third-order valence-corrected chi connectivity index (χ3v) is 8.16. The van der Waals surface area contributed by atoms with Gasteiger partial charge in [-0.1, -0.05) is 24.8 Å². The van der Waals surface area contributed by atoms with Crippen molar-refractivity contribution in [2.45, 2.75) is 58.5 Å². The van der Waals surface area contributed by atoms with Crippen molar-refractivity contribution >= 4 is 16.5 Å². The lowest BCUT2D eigenvalue weighted by molar-refractivity contribution is 0.241. The van der Waals surface area contributed by atoms with E-state index in [9.17, 15) is 0 Å². The number of para-hydroxylation sites is 1. The average molecular weight is 583 g/mol. The fourth-order valence-corrected chi connectivity index (χ4v) is 5.78. The van der Waals surface area contributed by atoms with E-state index < -0.39 is 11.6 Å². The number of halogens is 2. The monoisotopic (exact) mass is 582 g/mol. The molecule has 43 heavy (non-hydrogen) atoms. The number of nitrogens with zero attached hydrogens (tertiary/aromatic N) is 1. The van der Waals surface area contributed by atoms with Crippen LogP contribution < -0.4 is 14.8 Å². The Morgan fingerprint density at radius 2 is 1.95 bits per heavy atom. The first-order valence-corrected chi connectivity index (χ1v) is 14.4. The smallest absolute Gasteiger partial charge is 0.175 e. The molecular weight excluding hydrogens is 546 g/mol. The number of hydrogen-bond acceptors (Lipinski definition) is 4. The zero-order chi connectivity index (χ0) is 30.5. The van der Waals surface area contributed by atoms with Crippen LogP contribution in [0.1, 0.15) is 63.4 Å². The van der Waals surface area contributed by atoms with Crippen LogP contribution in [0.3, 0.4) is 0 Å². The molecule has 222 valence electrons. The van der Waals surface area contributed by atoms with Gasteiger partial charge in [-0.3, -0.25) is 0 Å². The Balaban J connectivity index is 1.40. The summed E-state index contributed by atoms with van der Waals surface area (Å²) < 4.78 is 43.7. The second-order valence-electron chi connectivity index (χ2n) is 12.5. The molecule has 6 nitrogen and oxygen atoms in total. The summed E-state index contributed by atoms with van der Waals surface area (Å²) in [5.41, 5.74) is 3.78. The molecule has 0 saturated carbocycles. The Bertz CT molecular complexity index is 1850. The highest BCUT2D eigenvalue weighted by atomic mass is 19.1. The van der Waals surface area contributed by atoms with Crippen LogP contribution in [0.5, 0.6) is 17.2 Å². The van der Waals surface area contributed by atoms with Crippen LogP contribution in [0.4, 0.5) is 8.78 Å². The number of allylic oxidation sites excluding steroid dienone is 1. The van der Waals surface area contributed by atoms with Crippen molar-refractivity contribution in [3.05, 3.63) is 102 Å². The van der Waals surface area contributed by atoms with Crippen LogP contribution in [0.25, 0.3) is 27.9 Å². The van der Waals surface area contributed by atoms with Crippen molar-refractivity contribution in [3.63, 3.8) is 0 Å². The molecule has 6 rings (SSSR count). The van der Waals surface area contributed by atoms with E-state index in [1.165, 1.54) is 12.1 Å². The van der Waals surface area contributed by atoms with Gasteiger partial charge in [0, 0.05) is 57.7 Å². The van der Waals surface area contributed by atoms with Crippen molar-refractivity contribution in [1.82, 2.24) is 20.3 Å². The predicted octanol–water partition coefficient (Wildman–Crippen LogP) is 8.64. The first kappa shape index (κ1) is 28.7. The SMILES string of the molecule is C=C(C)c1c(F)c(Oc2ccc(F)c(-c3ncc([C@@]4(C)CCOc5ccccc54)[nH]3)c2)c(CNC(C)(C)C)c2cc[nH]c12. The van der Waals surface area contributed by atoms with Gasteiger partial charge in [-0.05, 0) is 76.9 Å². The molecule has 0 spiro atoms. The van der Waals surface area contributed by atoms with Crippen LogP contribution in [0, 0.1) is 11.6 Å².